The normalized spacial score (nSPS) is 11.1. The molecule has 0 radical (unpaired) electrons. The topological polar surface area (TPSA) is 77.8 Å². The number of hydrogen-bond donors (Lipinski definition) is 2. The Bertz CT molecular complexity index is 991. The van der Waals surface area contributed by atoms with Crippen LogP contribution in [0.1, 0.15) is 11.1 Å². The second kappa shape index (κ2) is 6.41. The van der Waals surface area contributed by atoms with Crippen molar-refractivity contribution < 1.29 is 18.0 Å². The summed E-state index contributed by atoms with van der Waals surface area (Å²) >= 11 is 0.939. The summed E-state index contributed by atoms with van der Waals surface area (Å²) in [5.41, 5.74) is 0.391. The smallest absolute Gasteiger partial charge is 0.308 e. The van der Waals surface area contributed by atoms with Gasteiger partial charge in [0.25, 0.3) is 0 Å². The lowest BCUT2D eigenvalue weighted by atomic mass is 10.2. The van der Waals surface area contributed by atoms with Crippen LogP contribution in [0.5, 0.6) is 0 Å². The lowest BCUT2D eigenvalue weighted by molar-refractivity contribution is -0.137. The largest absolute Gasteiger partial charge is 0.416 e. The van der Waals surface area contributed by atoms with Crippen molar-refractivity contribution in [3.63, 3.8) is 0 Å². The highest BCUT2D eigenvalue weighted by Crippen LogP contribution is 2.34. The van der Waals surface area contributed by atoms with Gasteiger partial charge in [0.15, 0.2) is 5.13 Å². The zero-order valence-corrected chi connectivity index (χ0v) is 13.2. The molecule has 0 bridgehead atoms. The summed E-state index contributed by atoms with van der Waals surface area (Å²) in [6, 6.07) is 10.8. The maximum atomic E-state index is 12.7. The molecule has 2 N–H and O–H groups in total. The number of anilines is 2. The molecule has 2 aromatic carbocycles. The van der Waals surface area contributed by atoms with E-state index in [1.54, 1.807) is 18.2 Å². The Kier molecular flexibility index (Phi) is 4.29. The molecular formula is C16H9F3N4OS. The zero-order valence-electron chi connectivity index (χ0n) is 12.4. The summed E-state index contributed by atoms with van der Waals surface area (Å²) in [7, 11) is 0. The Morgan fingerprint density at radius 2 is 1.96 bits per heavy atom. The maximum Gasteiger partial charge on any atom is 0.416 e. The second-order valence-corrected chi connectivity index (χ2v) is 6.00. The predicted octanol–water partition coefficient (Wildman–Crippen LogP) is 4.83. The van der Waals surface area contributed by atoms with Crippen LogP contribution in [-0.4, -0.2) is 11.0 Å². The Morgan fingerprint density at radius 1 is 1.16 bits per heavy atom. The third kappa shape index (κ3) is 3.87. The molecule has 25 heavy (non-hydrogen) atoms. The first kappa shape index (κ1) is 16.7. The van der Waals surface area contributed by atoms with E-state index in [0.29, 0.717) is 21.5 Å². The SMILES string of the molecule is N#Cc1cccc(NC(=O)Nc2nc3ccc(C(F)(F)F)cc3s2)c1. The van der Waals surface area contributed by atoms with Crippen molar-refractivity contribution in [1.82, 2.24) is 4.98 Å². The quantitative estimate of drug-likeness (QED) is 0.685. The molecule has 2 amide bonds. The van der Waals surface area contributed by atoms with E-state index >= 15 is 0 Å². The summed E-state index contributed by atoms with van der Waals surface area (Å²) in [5, 5.41) is 14.0. The van der Waals surface area contributed by atoms with E-state index in [2.05, 4.69) is 15.6 Å². The number of nitrogens with one attached hydrogen (secondary N) is 2. The fraction of sp³-hybridized carbons (Fsp3) is 0.0625. The van der Waals surface area contributed by atoms with Gasteiger partial charge in [-0.3, -0.25) is 5.32 Å². The van der Waals surface area contributed by atoms with E-state index in [1.807, 2.05) is 6.07 Å². The van der Waals surface area contributed by atoms with Crippen LogP contribution in [0, 0.1) is 11.3 Å². The van der Waals surface area contributed by atoms with Crippen LogP contribution in [0.3, 0.4) is 0 Å². The number of halogens is 3. The van der Waals surface area contributed by atoms with E-state index in [0.717, 1.165) is 23.5 Å². The highest BCUT2D eigenvalue weighted by atomic mass is 32.1. The van der Waals surface area contributed by atoms with Crippen molar-refractivity contribution in [2.45, 2.75) is 6.18 Å². The van der Waals surface area contributed by atoms with Crippen LogP contribution in [0.25, 0.3) is 10.2 Å². The molecule has 0 aliphatic rings. The van der Waals surface area contributed by atoms with Crippen molar-refractivity contribution in [3.8, 4) is 6.07 Å². The fourth-order valence-corrected chi connectivity index (χ4v) is 2.98. The van der Waals surface area contributed by atoms with Crippen LogP contribution in [0.15, 0.2) is 42.5 Å². The molecule has 5 nitrogen and oxygen atoms in total. The van der Waals surface area contributed by atoms with E-state index in [4.69, 9.17) is 5.26 Å². The van der Waals surface area contributed by atoms with Gasteiger partial charge in [0.1, 0.15) is 0 Å². The van der Waals surface area contributed by atoms with Gasteiger partial charge in [-0.15, -0.1) is 0 Å². The number of aromatic nitrogens is 1. The molecule has 1 aromatic heterocycles. The minimum absolute atomic E-state index is 0.170. The summed E-state index contributed by atoms with van der Waals surface area (Å²) in [4.78, 5) is 16.0. The Morgan fingerprint density at radius 3 is 2.68 bits per heavy atom. The van der Waals surface area contributed by atoms with Gasteiger partial charge in [-0.2, -0.15) is 18.4 Å². The molecule has 0 saturated carbocycles. The van der Waals surface area contributed by atoms with Crippen molar-refractivity contribution in [1.29, 1.82) is 5.26 Å². The number of fused-ring (bicyclic) bond motifs is 1. The standard InChI is InChI=1S/C16H9F3N4OS/c17-16(18,19)10-4-5-12-13(7-10)25-15(22-12)23-14(24)21-11-3-1-2-9(6-11)8-20/h1-7H,(H2,21,22,23,24). The van der Waals surface area contributed by atoms with Gasteiger partial charge >= 0.3 is 12.2 Å². The summed E-state index contributed by atoms with van der Waals surface area (Å²) in [5.74, 6) is 0. The average Bonchev–Trinajstić information content (AvgIpc) is 2.95. The van der Waals surface area contributed by atoms with Gasteiger partial charge in [-0.05, 0) is 36.4 Å². The molecule has 3 rings (SSSR count). The lowest BCUT2D eigenvalue weighted by Crippen LogP contribution is -2.19. The molecule has 0 fully saturated rings. The zero-order chi connectivity index (χ0) is 18.0. The number of nitrogens with zero attached hydrogens (tertiary/aromatic N) is 2. The summed E-state index contributed by atoms with van der Waals surface area (Å²) < 4.78 is 38.5. The molecule has 0 spiro atoms. The fourth-order valence-electron chi connectivity index (χ4n) is 2.08. The highest BCUT2D eigenvalue weighted by molar-refractivity contribution is 7.22. The molecule has 1 heterocycles. The molecular weight excluding hydrogens is 353 g/mol. The molecule has 0 aliphatic heterocycles. The third-order valence-corrected chi connectivity index (χ3v) is 4.12. The van der Waals surface area contributed by atoms with Gasteiger partial charge < -0.3 is 5.32 Å². The lowest BCUT2D eigenvalue weighted by Gasteiger charge is -2.05. The van der Waals surface area contributed by atoms with Crippen molar-refractivity contribution in [3.05, 3.63) is 53.6 Å². The molecule has 0 aliphatic carbocycles. The van der Waals surface area contributed by atoms with Crippen molar-refractivity contribution >= 4 is 38.4 Å². The minimum Gasteiger partial charge on any atom is -0.308 e. The number of amides is 2. The number of nitriles is 1. The van der Waals surface area contributed by atoms with Gasteiger partial charge in [-0.25, -0.2) is 9.78 Å². The number of urea groups is 1. The molecule has 0 unspecified atom stereocenters. The third-order valence-electron chi connectivity index (χ3n) is 3.19. The number of carbonyl (C=O) groups is 1. The number of benzene rings is 2. The Hall–Kier alpha value is -3.12. The van der Waals surface area contributed by atoms with Gasteiger partial charge in [0.05, 0.1) is 27.4 Å². The van der Waals surface area contributed by atoms with E-state index in [9.17, 15) is 18.0 Å². The number of alkyl halides is 3. The first-order valence-electron chi connectivity index (χ1n) is 6.91. The second-order valence-electron chi connectivity index (χ2n) is 4.97. The molecule has 3 aromatic rings. The predicted molar refractivity (Wildman–Crippen MR) is 88.4 cm³/mol. The Balaban J connectivity index is 1.76. The first-order chi connectivity index (χ1) is 11.8. The van der Waals surface area contributed by atoms with Crippen LogP contribution < -0.4 is 10.6 Å². The molecule has 0 saturated heterocycles. The van der Waals surface area contributed by atoms with E-state index in [-0.39, 0.29) is 5.13 Å². The summed E-state index contributed by atoms with van der Waals surface area (Å²) in [6.45, 7) is 0. The highest BCUT2D eigenvalue weighted by Gasteiger charge is 2.30. The molecule has 9 heteroatoms. The van der Waals surface area contributed by atoms with Crippen LogP contribution >= 0.6 is 11.3 Å². The van der Waals surface area contributed by atoms with Crippen LogP contribution in [0.4, 0.5) is 28.8 Å². The Labute approximate surface area is 143 Å². The minimum atomic E-state index is -4.44. The molecule has 126 valence electrons. The summed E-state index contributed by atoms with van der Waals surface area (Å²) in [6.07, 6.45) is -4.44. The average molecular weight is 362 g/mol. The van der Waals surface area contributed by atoms with Crippen molar-refractivity contribution in [2.24, 2.45) is 0 Å². The monoisotopic (exact) mass is 362 g/mol. The van der Waals surface area contributed by atoms with E-state index < -0.39 is 17.8 Å². The number of carbonyl (C=O) groups excluding carboxylic acids is 1. The molecule has 0 atom stereocenters. The van der Waals surface area contributed by atoms with Gasteiger partial charge in [0, 0.05) is 5.69 Å². The van der Waals surface area contributed by atoms with Crippen molar-refractivity contribution in [2.75, 3.05) is 10.6 Å². The number of hydrogen-bond acceptors (Lipinski definition) is 4. The number of rotatable bonds is 2. The van der Waals surface area contributed by atoms with Gasteiger partial charge in [0.2, 0.25) is 0 Å². The number of thiazole rings is 1. The van der Waals surface area contributed by atoms with Gasteiger partial charge in [-0.1, -0.05) is 17.4 Å². The van der Waals surface area contributed by atoms with E-state index in [1.165, 1.54) is 12.1 Å². The van der Waals surface area contributed by atoms with Crippen LogP contribution in [-0.2, 0) is 6.18 Å². The maximum absolute atomic E-state index is 12.7. The van der Waals surface area contributed by atoms with Crippen LogP contribution in [0.2, 0.25) is 0 Å². The first-order valence-corrected chi connectivity index (χ1v) is 7.73.